The maximum Gasteiger partial charge on any atom is 0.362 e. The molecule has 0 fully saturated rings. The summed E-state index contributed by atoms with van der Waals surface area (Å²) in [5.74, 6) is -0.775. The average Bonchev–Trinajstić information content (AvgIpc) is 2.66. The second kappa shape index (κ2) is 8.16. The Kier molecular flexibility index (Phi) is 5.69. The number of phenols is 1. The summed E-state index contributed by atoms with van der Waals surface area (Å²) in [5.41, 5.74) is 3.99. The molecule has 0 saturated heterocycles. The molecular formula is C22H22FNO3. The highest BCUT2D eigenvalue weighted by molar-refractivity contribution is 5.88. The number of ether oxygens (including phenoxy) is 1. The van der Waals surface area contributed by atoms with Crippen LogP contribution in [-0.4, -0.2) is 16.1 Å². The van der Waals surface area contributed by atoms with Gasteiger partial charge in [0.05, 0.1) is 0 Å². The number of carbonyl (C=O) groups is 1. The van der Waals surface area contributed by atoms with Crippen LogP contribution in [0.4, 0.5) is 4.39 Å². The van der Waals surface area contributed by atoms with Gasteiger partial charge in [0.2, 0.25) is 0 Å². The number of rotatable bonds is 5. The Morgan fingerprint density at radius 1 is 1.19 bits per heavy atom. The molecule has 1 aromatic carbocycles. The van der Waals surface area contributed by atoms with E-state index < -0.39 is 11.8 Å². The number of aryl methyl sites for hydroxylation is 4. The Morgan fingerprint density at radius 3 is 2.52 bits per heavy atom. The molecule has 3 rings (SSSR count). The van der Waals surface area contributed by atoms with Crippen LogP contribution >= 0.6 is 0 Å². The molecule has 1 aromatic heterocycles. The smallest absolute Gasteiger partial charge is 0.362 e. The maximum atomic E-state index is 13.6. The summed E-state index contributed by atoms with van der Waals surface area (Å²) < 4.78 is 18.7. The van der Waals surface area contributed by atoms with Gasteiger partial charge in [0.15, 0.2) is 5.76 Å². The van der Waals surface area contributed by atoms with Crippen molar-refractivity contribution in [3.05, 3.63) is 82.1 Å². The Morgan fingerprint density at radius 2 is 1.89 bits per heavy atom. The third kappa shape index (κ3) is 4.61. The van der Waals surface area contributed by atoms with Gasteiger partial charge in [-0.25, -0.2) is 14.2 Å². The molecule has 4 nitrogen and oxygen atoms in total. The Balaban J connectivity index is 1.62. The van der Waals surface area contributed by atoms with Crippen molar-refractivity contribution in [1.29, 1.82) is 0 Å². The largest absolute Gasteiger partial charge is 0.507 e. The van der Waals surface area contributed by atoms with Gasteiger partial charge in [-0.2, -0.15) is 0 Å². The van der Waals surface area contributed by atoms with Gasteiger partial charge >= 0.3 is 5.97 Å². The van der Waals surface area contributed by atoms with Crippen LogP contribution in [0.25, 0.3) is 0 Å². The quantitative estimate of drug-likeness (QED) is 0.766. The number of esters is 1. The van der Waals surface area contributed by atoms with Crippen LogP contribution in [0, 0.1) is 13.8 Å². The fourth-order valence-electron chi connectivity index (χ4n) is 3.03. The van der Waals surface area contributed by atoms with Crippen molar-refractivity contribution in [1.82, 2.24) is 4.98 Å². The van der Waals surface area contributed by atoms with E-state index in [-0.39, 0.29) is 17.9 Å². The average molecular weight is 367 g/mol. The highest BCUT2D eigenvalue weighted by atomic mass is 19.1. The van der Waals surface area contributed by atoms with Crippen molar-refractivity contribution < 1.29 is 19.0 Å². The minimum absolute atomic E-state index is 0.0322. The molecule has 0 amide bonds. The van der Waals surface area contributed by atoms with Crippen LogP contribution in [0.2, 0.25) is 0 Å². The molecule has 0 radical (unpaired) electrons. The van der Waals surface area contributed by atoms with Gasteiger partial charge in [0.1, 0.15) is 17.3 Å². The summed E-state index contributed by atoms with van der Waals surface area (Å²) in [6.45, 7) is 3.77. The highest BCUT2D eigenvalue weighted by Crippen LogP contribution is 2.24. The molecule has 1 aliphatic rings. The van der Waals surface area contributed by atoms with E-state index in [4.69, 9.17) is 4.74 Å². The molecule has 1 N–H and O–H groups in total. The number of aromatic hydroxyl groups is 1. The maximum absolute atomic E-state index is 13.6. The minimum atomic E-state index is -0.664. The molecule has 2 aromatic rings. The third-order valence-electron chi connectivity index (χ3n) is 4.56. The predicted octanol–water partition coefficient (Wildman–Crippen LogP) is 4.88. The lowest BCUT2D eigenvalue weighted by molar-refractivity contribution is 0.0619. The lowest BCUT2D eigenvalue weighted by Gasteiger charge is -2.10. The first-order valence-electron chi connectivity index (χ1n) is 8.95. The van der Waals surface area contributed by atoms with E-state index in [1.165, 1.54) is 6.08 Å². The van der Waals surface area contributed by atoms with Crippen molar-refractivity contribution in [3.63, 3.8) is 0 Å². The van der Waals surface area contributed by atoms with Crippen molar-refractivity contribution in [3.8, 4) is 5.75 Å². The molecule has 5 heteroatoms. The lowest BCUT2D eigenvalue weighted by atomic mass is 10.0. The van der Waals surface area contributed by atoms with E-state index in [2.05, 4.69) is 4.98 Å². The van der Waals surface area contributed by atoms with Gasteiger partial charge in [0, 0.05) is 12.6 Å². The van der Waals surface area contributed by atoms with Gasteiger partial charge in [0.25, 0.3) is 0 Å². The molecule has 27 heavy (non-hydrogen) atoms. The van der Waals surface area contributed by atoms with E-state index in [0.29, 0.717) is 12.2 Å². The number of nitrogens with zero attached hydrogens (tertiary/aromatic N) is 1. The monoisotopic (exact) mass is 367 g/mol. The fraction of sp³-hybridized carbons (Fsp3) is 0.273. The Hall–Kier alpha value is -2.95. The number of aromatic nitrogens is 1. The number of hydrogen-bond acceptors (Lipinski definition) is 4. The number of pyridine rings is 1. The molecule has 1 aliphatic carbocycles. The molecule has 0 saturated carbocycles. The highest BCUT2D eigenvalue weighted by Gasteiger charge is 2.16. The number of benzene rings is 1. The summed E-state index contributed by atoms with van der Waals surface area (Å²) in [4.78, 5) is 16.3. The van der Waals surface area contributed by atoms with E-state index >= 15 is 0 Å². The summed E-state index contributed by atoms with van der Waals surface area (Å²) in [7, 11) is 0. The molecule has 0 spiro atoms. The van der Waals surface area contributed by atoms with Gasteiger partial charge in [-0.15, -0.1) is 0 Å². The van der Waals surface area contributed by atoms with Gasteiger partial charge < -0.3 is 9.84 Å². The van der Waals surface area contributed by atoms with Crippen LogP contribution in [0.1, 0.15) is 45.6 Å². The Labute approximate surface area is 158 Å². The van der Waals surface area contributed by atoms with Gasteiger partial charge in [-0.1, -0.05) is 24.3 Å². The number of carbonyl (C=O) groups excluding carboxylic acids is 1. The third-order valence-corrected chi connectivity index (χ3v) is 4.56. The van der Waals surface area contributed by atoms with Crippen molar-refractivity contribution in [2.45, 2.75) is 39.5 Å². The van der Waals surface area contributed by atoms with Crippen LogP contribution < -0.4 is 0 Å². The molecule has 0 bridgehead atoms. The fourth-order valence-corrected chi connectivity index (χ4v) is 3.03. The minimum Gasteiger partial charge on any atom is -0.507 e. The molecule has 0 atom stereocenters. The molecule has 140 valence electrons. The zero-order valence-electron chi connectivity index (χ0n) is 15.5. The lowest BCUT2D eigenvalue weighted by Crippen LogP contribution is -2.08. The van der Waals surface area contributed by atoms with Crippen molar-refractivity contribution >= 4 is 5.97 Å². The summed E-state index contributed by atoms with van der Waals surface area (Å²) >= 11 is 0. The predicted molar refractivity (Wildman–Crippen MR) is 101 cm³/mol. The summed E-state index contributed by atoms with van der Waals surface area (Å²) in [5, 5.41) is 9.85. The number of hydrogen-bond donors (Lipinski definition) is 1. The number of phenolic OH excluding ortho intramolecular Hbond substituents is 1. The zero-order valence-corrected chi connectivity index (χ0v) is 15.5. The summed E-state index contributed by atoms with van der Waals surface area (Å²) in [6.07, 6.45) is 7.31. The van der Waals surface area contributed by atoms with Crippen molar-refractivity contribution in [2.24, 2.45) is 0 Å². The van der Waals surface area contributed by atoms with Gasteiger partial charge in [-0.05, 0) is 67.5 Å². The summed E-state index contributed by atoms with van der Waals surface area (Å²) in [6, 6.07) is 7.37. The normalized spacial score (nSPS) is 13.7. The molecule has 0 aliphatic heterocycles. The second-order valence-electron chi connectivity index (χ2n) is 6.73. The molecular weight excluding hydrogens is 345 g/mol. The number of allylic oxidation sites excluding steroid dienone is 3. The van der Waals surface area contributed by atoms with Crippen LogP contribution in [0.15, 0.2) is 54.2 Å². The van der Waals surface area contributed by atoms with E-state index in [1.807, 2.05) is 32.0 Å². The van der Waals surface area contributed by atoms with E-state index in [1.54, 1.807) is 18.3 Å². The van der Waals surface area contributed by atoms with Gasteiger partial charge in [-0.3, -0.25) is 0 Å². The molecule has 0 unspecified atom stereocenters. The Bertz CT molecular complexity index is 891. The SMILES string of the molecule is Cc1cc(CCc2ccc(C(=O)OC3=C(F)CCC=C3)nc2)cc(C)c1O. The van der Waals surface area contributed by atoms with E-state index in [9.17, 15) is 14.3 Å². The molecule has 1 heterocycles. The first-order chi connectivity index (χ1) is 12.9. The standard InChI is InChI=1S/C22H22FNO3/c1-14-11-17(12-15(2)21(14)25)8-7-16-9-10-19(24-13-16)22(26)27-20-6-4-3-5-18(20)23/h4,6,9-13,25H,3,5,7-8H2,1-2H3. The van der Waals surface area contributed by atoms with E-state index in [0.717, 1.165) is 35.1 Å². The van der Waals surface area contributed by atoms with Crippen LogP contribution in [-0.2, 0) is 17.6 Å². The second-order valence-corrected chi connectivity index (χ2v) is 6.73. The first kappa shape index (κ1) is 18.8. The van der Waals surface area contributed by atoms with Crippen molar-refractivity contribution in [2.75, 3.05) is 0 Å². The van der Waals surface area contributed by atoms with Crippen LogP contribution in [0.3, 0.4) is 0 Å². The first-order valence-corrected chi connectivity index (χ1v) is 8.95. The topological polar surface area (TPSA) is 59.4 Å². The van der Waals surface area contributed by atoms with Crippen LogP contribution in [0.5, 0.6) is 5.75 Å². The zero-order chi connectivity index (χ0) is 19.4. The number of halogens is 1.